The molecule has 4 atom stereocenters. The predicted octanol–water partition coefficient (Wildman–Crippen LogP) is 3.30. The molecule has 2 N–H and O–H groups in total. The molecule has 1 heterocycles. The number of halogens is 2. The fourth-order valence-corrected chi connectivity index (χ4v) is 6.56. The Labute approximate surface area is 214 Å². The summed E-state index contributed by atoms with van der Waals surface area (Å²) in [6, 6.07) is 6.10. The number of nitrogens with zero attached hydrogens (tertiary/aromatic N) is 1. The van der Waals surface area contributed by atoms with Gasteiger partial charge in [-0.05, 0) is 87.3 Å². The standard InChI is InChI=1S/C27H30F2N2O5S/c1-14-7-21(29)19(11-20(14)28)24(17-12-27(2,34)13-17)30-25(32)23-10-16-9-22(16)31(23)26(33)15-5-4-6-18(8-15)37(3,35)36/h4-8,11,16-17,22-24,34H,9-10,12-13H2,1-3H3,(H,30,32)/t16-,17?,22-,23-,24-,27?/m1/s1. The Balaban J connectivity index is 1.42. The molecule has 3 fully saturated rings. The third kappa shape index (κ3) is 4.88. The van der Waals surface area contributed by atoms with Gasteiger partial charge >= 0.3 is 0 Å². The van der Waals surface area contributed by atoms with Crippen molar-refractivity contribution in [2.45, 2.75) is 68.2 Å². The van der Waals surface area contributed by atoms with Crippen LogP contribution in [-0.4, -0.2) is 54.2 Å². The summed E-state index contributed by atoms with van der Waals surface area (Å²) in [6.45, 7) is 3.11. The van der Waals surface area contributed by atoms with Gasteiger partial charge in [-0.1, -0.05) is 6.07 Å². The molecule has 2 amide bonds. The molecule has 37 heavy (non-hydrogen) atoms. The summed E-state index contributed by atoms with van der Waals surface area (Å²) in [5, 5.41) is 13.1. The van der Waals surface area contributed by atoms with Crippen molar-refractivity contribution in [1.29, 1.82) is 0 Å². The summed E-state index contributed by atoms with van der Waals surface area (Å²) in [7, 11) is -3.52. The topological polar surface area (TPSA) is 104 Å². The summed E-state index contributed by atoms with van der Waals surface area (Å²) in [5.41, 5.74) is -0.615. The van der Waals surface area contributed by atoms with E-state index < -0.39 is 51.0 Å². The van der Waals surface area contributed by atoms with Crippen molar-refractivity contribution in [2.24, 2.45) is 11.8 Å². The minimum Gasteiger partial charge on any atom is -0.390 e. The van der Waals surface area contributed by atoms with Gasteiger partial charge in [0.1, 0.15) is 17.7 Å². The van der Waals surface area contributed by atoms with Gasteiger partial charge in [0.05, 0.1) is 16.5 Å². The Morgan fingerprint density at radius 1 is 1.14 bits per heavy atom. The van der Waals surface area contributed by atoms with Gasteiger partial charge in [-0.3, -0.25) is 9.59 Å². The molecule has 2 aromatic rings. The minimum absolute atomic E-state index is 0.0128. The molecule has 2 saturated carbocycles. The Kier molecular flexibility index (Phi) is 6.18. The molecule has 10 heteroatoms. The molecule has 0 bridgehead atoms. The van der Waals surface area contributed by atoms with Crippen molar-refractivity contribution in [1.82, 2.24) is 10.2 Å². The second kappa shape index (κ2) is 8.87. The second-order valence-corrected chi connectivity index (χ2v) is 13.1. The highest BCUT2D eigenvalue weighted by molar-refractivity contribution is 7.90. The maximum Gasteiger partial charge on any atom is 0.254 e. The van der Waals surface area contributed by atoms with Crippen LogP contribution in [0.1, 0.15) is 60.1 Å². The van der Waals surface area contributed by atoms with Crippen molar-refractivity contribution >= 4 is 21.7 Å². The van der Waals surface area contributed by atoms with E-state index >= 15 is 0 Å². The van der Waals surface area contributed by atoms with E-state index in [-0.39, 0.29) is 39.5 Å². The number of hydrogen-bond donors (Lipinski definition) is 2. The molecule has 2 aliphatic carbocycles. The fourth-order valence-electron chi connectivity index (χ4n) is 5.90. The van der Waals surface area contributed by atoms with E-state index in [9.17, 15) is 31.9 Å². The average Bonchev–Trinajstić information content (AvgIpc) is 3.47. The lowest BCUT2D eigenvalue weighted by Crippen LogP contribution is -2.52. The lowest BCUT2D eigenvalue weighted by atomic mass is 9.67. The van der Waals surface area contributed by atoms with Crippen molar-refractivity contribution in [2.75, 3.05) is 6.26 Å². The first-order valence-electron chi connectivity index (χ1n) is 12.4. The zero-order valence-corrected chi connectivity index (χ0v) is 21.7. The molecule has 1 saturated heterocycles. The van der Waals surface area contributed by atoms with Crippen LogP contribution < -0.4 is 5.32 Å². The number of fused-ring (bicyclic) bond motifs is 1. The molecule has 3 aliphatic rings. The Hall–Kier alpha value is -2.85. The second-order valence-electron chi connectivity index (χ2n) is 11.1. The van der Waals surface area contributed by atoms with Crippen LogP contribution in [-0.2, 0) is 14.6 Å². The van der Waals surface area contributed by atoms with E-state index in [0.29, 0.717) is 19.3 Å². The molecule has 5 rings (SSSR count). The third-order valence-corrected chi connectivity index (χ3v) is 9.05. The number of nitrogens with one attached hydrogen (secondary N) is 1. The van der Waals surface area contributed by atoms with Gasteiger partial charge < -0.3 is 15.3 Å². The highest BCUT2D eigenvalue weighted by Crippen LogP contribution is 2.49. The highest BCUT2D eigenvalue weighted by atomic mass is 32.2. The van der Waals surface area contributed by atoms with E-state index in [1.165, 1.54) is 36.1 Å². The first-order valence-corrected chi connectivity index (χ1v) is 14.3. The van der Waals surface area contributed by atoms with Gasteiger partial charge in [-0.15, -0.1) is 0 Å². The molecule has 0 aromatic heterocycles. The third-order valence-electron chi connectivity index (χ3n) is 7.94. The van der Waals surface area contributed by atoms with Gasteiger partial charge in [0.25, 0.3) is 5.91 Å². The molecular formula is C27H30F2N2O5S. The van der Waals surface area contributed by atoms with Crippen LogP contribution in [0.25, 0.3) is 0 Å². The number of benzene rings is 2. The zero-order chi connectivity index (χ0) is 26.9. The first-order chi connectivity index (χ1) is 17.2. The summed E-state index contributed by atoms with van der Waals surface area (Å²) in [4.78, 5) is 28.5. The summed E-state index contributed by atoms with van der Waals surface area (Å²) in [6.07, 6.45) is 2.87. The van der Waals surface area contributed by atoms with Crippen LogP contribution in [0, 0.1) is 30.4 Å². The zero-order valence-electron chi connectivity index (χ0n) is 20.9. The summed E-state index contributed by atoms with van der Waals surface area (Å²) >= 11 is 0. The quantitative estimate of drug-likeness (QED) is 0.594. The number of aryl methyl sites for hydroxylation is 1. The van der Waals surface area contributed by atoms with Crippen LogP contribution >= 0.6 is 0 Å². The SMILES string of the molecule is Cc1cc(F)c([C@H](NC(=O)[C@H]2C[C@H]3C[C@H]3N2C(=O)c2cccc(S(C)(=O)=O)c2)C2CC(C)(O)C2)cc1F. The number of sulfone groups is 1. The van der Waals surface area contributed by atoms with Crippen molar-refractivity contribution in [3.8, 4) is 0 Å². The molecular weight excluding hydrogens is 502 g/mol. The maximum atomic E-state index is 15.0. The summed E-state index contributed by atoms with van der Waals surface area (Å²) < 4.78 is 53.3. The normalized spacial score (nSPS) is 29.3. The van der Waals surface area contributed by atoms with Crippen molar-refractivity contribution < 1.29 is 31.9 Å². The van der Waals surface area contributed by atoms with E-state index in [1.54, 1.807) is 6.92 Å². The Bertz CT molecular complexity index is 1390. The maximum absolute atomic E-state index is 15.0. The largest absolute Gasteiger partial charge is 0.390 e. The van der Waals surface area contributed by atoms with E-state index in [1.807, 2.05) is 0 Å². The minimum atomic E-state index is -3.52. The van der Waals surface area contributed by atoms with Gasteiger partial charge in [-0.2, -0.15) is 0 Å². The van der Waals surface area contributed by atoms with Crippen LogP contribution in [0.3, 0.4) is 0 Å². The molecule has 7 nitrogen and oxygen atoms in total. The van der Waals surface area contributed by atoms with E-state index in [4.69, 9.17) is 0 Å². The monoisotopic (exact) mass is 532 g/mol. The number of aliphatic hydroxyl groups is 1. The molecule has 198 valence electrons. The molecule has 1 aliphatic heterocycles. The molecule has 0 radical (unpaired) electrons. The predicted molar refractivity (Wildman–Crippen MR) is 131 cm³/mol. The van der Waals surface area contributed by atoms with Crippen LogP contribution in [0.15, 0.2) is 41.3 Å². The van der Waals surface area contributed by atoms with Gasteiger partial charge in [0.15, 0.2) is 9.84 Å². The Morgan fingerprint density at radius 3 is 2.49 bits per heavy atom. The van der Waals surface area contributed by atoms with E-state index in [0.717, 1.165) is 24.8 Å². The lowest BCUT2D eigenvalue weighted by molar-refractivity contribution is -0.128. The van der Waals surface area contributed by atoms with Gasteiger partial charge in [0.2, 0.25) is 5.91 Å². The van der Waals surface area contributed by atoms with Crippen molar-refractivity contribution in [3.05, 3.63) is 64.7 Å². The number of likely N-dealkylation sites (tertiary alicyclic amines) is 1. The van der Waals surface area contributed by atoms with Gasteiger partial charge in [0, 0.05) is 23.4 Å². The first kappa shape index (κ1) is 25.8. The number of hydrogen-bond acceptors (Lipinski definition) is 5. The lowest BCUT2D eigenvalue weighted by Gasteiger charge is -2.45. The molecule has 0 spiro atoms. The van der Waals surface area contributed by atoms with Gasteiger partial charge in [-0.25, -0.2) is 17.2 Å². The number of amides is 2. The average molecular weight is 533 g/mol. The van der Waals surface area contributed by atoms with Crippen LogP contribution in [0.2, 0.25) is 0 Å². The van der Waals surface area contributed by atoms with Crippen molar-refractivity contribution in [3.63, 3.8) is 0 Å². The van der Waals surface area contributed by atoms with Crippen LogP contribution in [0.4, 0.5) is 8.78 Å². The van der Waals surface area contributed by atoms with E-state index in [2.05, 4.69) is 5.32 Å². The number of carbonyl (C=O) groups excluding carboxylic acids is 2. The number of piperidine rings is 1. The molecule has 0 unspecified atom stereocenters. The summed E-state index contributed by atoms with van der Waals surface area (Å²) in [5.74, 6) is -2.29. The number of carbonyl (C=O) groups is 2. The van der Waals surface area contributed by atoms with Crippen LogP contribution in [0.5, 0.6) is 0 Å². The smallest absolute Gasteiger partial charge is 0.254 e. The number of rotatable bonds is 6. The highest BCUT2D eigenvalue weighted by Gasteiger charge is 2.56. The molecule has 2 aromatic carbocycles. The Morgan fingerprint density at radius 2 is 1.84 bits per heavy atom. The fraction of sp³-hybridized carbons (Fsp3) is 0.481.